The van der Waals surface area contributed by atoms with E-state index >= 15 is 0 Å². The lowest BCUT2D eigenvalue weighted by Gasteiger charge is -1.95. The van der Waals surface area contributed by atoms with E-state index in [4.69, 9.17) is 0 Å². The summed E-state index contributed by atoms with van der Waals surface area (Å²) in [5, 5.41) is 0. The summed E-state index contributed by atoms with van der Waals surface area (Å²) in [6, 6.07) is 0. The van der Waals surface area contributed by atoms with E-state index in [9.17, 15) is 26.3 Å². The molecule has 0 heterocycles. The SMILES string of the molecule is FC(F)=C1C(F)=C1C(F)(F)F. The molecule has 0 aromatic carbocycles. The molecule has 1 aliphatic carbocycles. The molecule has 0 unspecified atom stereocenters. The van der Waals surface area contributed by atoms with Crippen LogP contribution in [-0.4, -0.2) is 6.18 Å². The molecule has 1 rings (SSSR count). The average molecular weight is 174 g/mol. The molecule has 0 N–H and O–H groups in total. The van der Waals surface area contributed by atoms with Crippen LogP contribution in [0.5, 0.6) is 0 Å². The normalized spacial score (nSPS) is 17.5. The maximum absolute atomic E-state index is 11.8. The van der Waals surface area contributed by atoms with E-state index in [1.165, 1.54) is 0 Å². The lowest BCUT2D eigenvalue weighted by molar-refractivity contribution is -0.0859. The van der Waals surface area contributed by atoms with Gasteiger partial charge in [0.25, 0.3) is 6.08 Å². The van der Waals surface area contributed by atoms with Crippen LogP contribution in [-0.2, 0) is 0 Å². The summed E-state index contributed by atoms with van der Waals surface area (Å²) in [6.07, 6.45) is -7.63. The first-order valence-corrected chi connectivity index (χ1v) is 2.38. The van der Waals surface area contributed by atoms with Gasteiger partial charge < -0.3 is 0 Å². The Morgan fingerprint density at radius 2 is 1.55 bits per heavy atom. The van der Waals surface area contributed by atoms with E-state index in [0.717, 1.165) is 0 Å². The molecule has 0 spiro atoms. The molecule has 0 nitrogen and oxygen atoms in total. The summed E-state index contributed by atoms with van der Waals surface area (Å²) >= 11 is 0. The molecule has 0 saturated heterocycles. The molecule has 0 atom stereocenters. The Kier molecular flexibility index (Phi) is 1.50. The van der Waals surface area contributed by atoms with Crippen molar-refractivity contribution in [1.29, 1.82) is 0 Å². The van der Waals surface area contributed by atoms with E-state index in [-0.39, 0.29) is 0 Å². The summed E-state index contributed by atoms with van der Waals surface area (Å²) < 4.78 is 68.8. The zero-order chi connectivity index (χ0) is 8.81. The number of hydrogen-bond donors (Lipinski definition) is 0. The zero-order valence-corrected chi connectivity index (χ0v) is 4.77. The van der Waals surface area contributed by atoms with Gasteiger partial charge in [-0.15, -0.1) is 0 Å². The highest BCUT2D eigenvalue weighted by Crippen LogP contribution is 2.51. The number of halogens is 6. The number of hydrogen-bond acceptors (Lipinski definition) is 0. The van der Waals surface area contributed by atoms with Crippen LogP contribution in [0.4, 0.5) is 26.3 Å². The lowest BCUT2D eigenvalue weighted by atomic mass is 10.4. The molecule has 0 aromatic heterocycles. The molecule has 11 heavy (non-hydrogen) atoms. The Morgan fingerprint density at radius 3 is 1.64 bits per heavy atom. The molecular weight excluding hydrogens is 174 g/mol. The molecule has 0 aliphatic heterocycles. The van der Waals surface area contributed by atoms with Crippen molar-refractivity contribution in [3.05, 3.63) is 23.1 Å². The van der Waals surface area contributed by atoms with Gasteiger partial charge >= 0.3 is 6.18 Å². The highest BCUT2D eigenvalue weighted by molar-refractivity contribution is 5.65. The average Bonchev–Trinajstić information content (AvgIpc) is 2.38. The quantitative estimate of drug-likeness (QED) is 0.495. The Balaban J connectivity index is 2.91. The maximum Gasteiger partial charge on any atom is 0.420 e. The first kappa shape index (κ1) is 8.16. The van der Waals surface area contributed by atoms with Crippen LogP contribution in [0.1, 0.15) is 0 Å². The van der Waals surface area contributed by atoms with Crippen molar-refractivity contribution in [3.8, 4) is 0 Å². The smallest absolute Gasteiger partial charge is 0.205 e. The Morgan fingerprint density at radius 1 is 1.09 bits per heavy atom. The summed E-state index contributed by atoms with van der Waals surface area (Å²) in [7, 11) is 0. The zero-order valence-electron chi connectivity index (χ0n) is 4.77. The number of alkyl halides is 3. The lowest BCUT2D eigenvalue weighted by Crippen LogP contribution is -2.04. The molecule has 62 valence electrons. The van der Waals surface area contributed by atoms with E-state index in [2.05, 4.69) is 0 Å². The second-order valence-electron chi connectivity index (χ2n) is 1.82. The van der Waals surface area contributed by atoms with Gasteiger partial charge in [-0.25, -0.2) is 4.39 Å². The van der Waals surface area contributed by atoms with E-state index in [1.807, 2.05) is 0 Å². The maximum atomic E-state index is 11.8. The standard InChI is InChI=1S/C5F6/c6-3-1(4(7)8)2(3)5(9,10)11. The van der Waals surface area contributed by atoms with Crippen LogP contribution in [0, 0.1) is 0 Å². The third-order valence-corrected chi connectivity index (χ3v) is 1.10. The van der Waals surface area contributed by atoms with Gasteiger partial charge in [-0.1, -0.05) is 0 Å². The Bertz CT molecular complexity index is 251. The van der Waals surface area contributed by atoms with Crippen LogP contribution >= 0.6 is 0 Å². The van der Waals surface area contributed by atoms with Crippen molar-refractivity contribution in [3.63, 3.8) is 0 Å². The van der Waals surface area contributed by atoms with Gasteiger partial charge in [-0.05, 0) is 0 Å². The minimum atomic E-state index is -5.00. The Labute approximate surface area is 56.8 Å². The molecule has 0 amide bonds. The van der Waals surface area contributed by atoms with Gasteiger partial charge in [0.1, 0.15) is 11.4 Å². The van der Waals surface area contributed by atoms with E-state index in [1.54, 1.807) is 0 Å². The minimum absolute atomic E-state index is 1.59. The van der Waals surface area contributed by atoms with Gasteiger partial charge in [-0.2, -0.15) is 22.0 Å². The molecule has 0 aromatic rings. The first-order chi connectivity index (χ1) is 4.85. The highest BCUT2D eigenvalue weighted by Gasteiger charge is 2.52. The van der Waals surface area contributed by atoms with E-state index in [0.29, 0.717) is 0 Å². The van der Waals surface area contributed by atoms with Gasteiger partial charge in [0.15, 0.2) is 0 Å². The van der Waals surface area contributed by atoms with Crippen LogP contribution < -0.4 is 0 Å². The number of allylic oxidation sites excluding steroid dienone is 3. The molecule has 6 heteroatoms. The van der Waals surface area contributed by atoms with Crippen LogP contribution in [0.3, 0.4) is 0 Å². The first-order valence-electron chi connectivity index (χ1n) is 2.38. The predicted molar refractivity (Wildman–Crippen MR) is 23.4 cm³/mol. The molecule has 0 bridgehead atoms. The summed E-state index contributed by atoms with van der Waals surface area (Å²) in [6.45, 7) is 0. The molecule has 0 fully saturated rings. The summed E-state index contributed by atoms with van der Waals surface area (Å²) in [5.74, 6) is -1.85. The third-order valence-electron chi connectivity index (χ3n) is 1.10. The fourth-order valence-electron chi connectivity index (χ4n) is 0.608. The highest BCUT2D eigenvalue weighted by atomic mass is 19.4. The van der Waals surface area contributed by atoms with Crippen LogP contribution in [0.15, 0.2) is 23.1 Å². The predicted octanol–water partition coefficient (Wildman–Crippen LogP) is 2.94. The monoisotopic (exact) mass is 174 g/mol. The minimum Gasteiger partial charge on any atom is -0.205 e. The van der Waals surface area contributed by atoms with Crippen molar-refractivity contribution in [2.45, 2.75) is 6.18 Å². The van der Waals surface area contributed by atoms with Gasteiger partial charge in [-0.3, -0.25) is 0 Å². The van der Waals surface area contributed by atoms with Gasteiger partial charge in [0.2, 0.25) is 0 Å². The second-order valence-corrected chi connectivity index (χ2v) is 1.82. The van der Waals surface area contributed by atoms with Crippen molar-refractivity contribution in [2.24, 2.45) is 0 Å². The largest absolute Gasteiger partial charge is 0.420 e. The topological polar surface area (TPSA) is 0 Å². The molecular formula is C5F6. The second kappa shape index (κ2) is 2.02. The molecule has 0 radical (unpaired) electrons. The molecule has 0 saturated carbocycles. The van der Waals surface area contributed by atoms with Crippen molar-refractivity contribution in [2.75, 3.05) is 0 Å². The van der Waals surface area contributed by atoms with Crippen molar-refractivity contribution >= 4 is 0 Å². The van der Waals surface area contributed by atoms with Crippen molar-refractivity contribution < 1.29 is 26.3 Å². The van der Waals surface area contributed by atoms with Gasteiger partial charge in [0, 0.05) is 0 Å². The summed E-state index contributed by atoms with van der Waals surface area (Å²) in [4.78, 5) is 0. The van der Waals surface area contributed by atoms with Gasteiger partial charge in [0.05, 0.1) is 5.57 Å². The summed E-state index contributed by atoms with van der Waals surface area (Å²) in [5.41, 5.74) is -3.42. The fraction of sp³-hybridized carbons (Fsp3) is 0.200. The Hall–Kier alpha value is -0.940. The van der Waals surface area contributed by atoms with Crippen molar-refractivity contribution in [1.82, 2.24) is 0 Å². The van der Waals surface area contributed by atoms with E-state index < -0.39 is 29.2 Å². The fourth-order valence-corrected chi connectivity index (χ4v) is 0.608. The molecule has 1 aliphatic rings. The van der Waals surface area contributed by atoms with Crippen LogP contribution in [0.25, 0.3) is 0 Å². The van der Waals surface area contributed by atoms with Crippen LogP contribution in [0.2, 0.25) is 0 Å². The number of rotatable bonds is 0. The third kappa shape index (κ3) is 1.24.